The van der Waals surface area contributed by atoms with E-state index in [1.54, 1.807) is 26.5 Å². The summed E-state index contributed by atoms with van der Waals surface area (Å²) in [6, 6.07) is 5.46. The lowest BCUT2D eigenvalue weighted by molar-refractivity contribution is 0.395. The molecule has 7 nitrogen and oxygen atoms in total. The number of nitrogens with zero attached hydrogens (tertiary/aromatic N) is 3. The molecule has 2 rings (SSSR count). The van der Waals surface area contributed by atoms with Crippen LogP contribution in [0, 0.1) is 5.92 Å². The normalized spacial score (nSPS) is 10.4. The molecular weight excluding hydrogens is 282 g/mol. The molecular formula is C15H21N5O2. The van der Waals surface area contributed by atoms with Gasteiger partial charge in [0.2, 0.25) is 5.95 Å². The third-order valence-electron chi connectivity index (χ3n) is 2.91. The summed E-state index contributed by atoms with van der Waals surface area (Å²) in [7, 11) is 3.21. The largest absolute Gasteiger partial charge is 0.497 e. The topological polar surface area (TPSA) is 81.2 Å². The zero-order valence-corrected chi connectivity index (χ0v) is 13.3. The van der Waals surface area contributed by atoms with Crippen molar-refractivity contribution in [2.45, 2.75) is 13.8 Å². The molecule has 0 amide bonds. The number of nitrogens with one attached hydrogen (secondary N) is 2. The number of aromatic nitrogens is 3. The van der Waals surface area contributed by atoms with Crippen LogP contribution >= 0.6 is 0 Å². The lowest BCUT2D eigenvalue weighted by atomic mass is 10.2. The summed E-state index contributed by atoms with van der Waals surface area (Å²) in [6.45, 7) is 5.08. The molecule has 0 radical (unpaired) electrons. The molecule has 0 aliphatic heterocycles. The van der Waals surface area contributed by atoms with E-state index in [0.29, 0.717) is 29.2 Å². The predicted octanol–water partition coefficient (Wildman–Crippen LogP) is 2.70. The molecule has 1 aromatic heterocycles. The number of anilines is 3. The molecule has 7 heteroatoms. The highest BCUT2D eigenvalue weighted by Crippen LogP contribution is 2.30. The average molecular weight is 303 g/mol. The van der Waals surface area contributed by atoms with Gasteiger partial charge in [0, 0.05) is 12.6 Å². The molecule has 0 atom stereocenters. The maximum Gasteiger partial charge on any atom is 0.249 e. The third kappa shape index (κ3) is 4.21. The van der Waals surface area contributed by atoms with E-state index in [2.05, 4.69) is 39.7 Å². The second-order valence-corrected chi connectivity index (χ2v) is 5.13. The van der Waals surface area contributed by atoms with Gasteiger partial charge in [-0.15, -0.1) is 5.10 Å². The zero-order valence-electron chi connectivity index (χ0n) is 13.3. The number of benzene rings is 1. The fourth-order valence-corrected chi connectivity index (χ4v) is 1.77. The Morgan fingerprint density at radius 1 is 1.18 bits per heavy atom. The SMILES string of the molecule is COc1ccc(Nc2nncc(NCC(C)C)n2)c(OC)c1. The first kappa shape index (κ1) is 15.8. The van der Waals surface area contributed by atoms with Crippen molar-refractivity contribution in [3.8, 4) is 11.5 Å². The minimum atomic E-state index is 0.400. The number of methoxy groups -OCH3 is 2. The van der Waals surface area contributed by atoms with Crippen LogP contribution in [0.5, 0.6) is 11.5 Å². The van der Waals surface area contributed by atoms with Crippen LogP contribution in [-0.2, 0) is 0 Å². The number of hydrogen-bond donors (Lipinski definition) is 2. The molecule has 0 unspecified atom stereocenters. The van der Waals surface area contributed by atoms with E-state index < -0.39 is 0 Å². The monoisotopic (exact) mass is 303 g/mol. The molecule has 2 aromatic rings. The summed E-state index contributed by atoms with van der Waals surface area (Å²) in [5.41, 5.74) is 0.742. The summed E-state index contributed by atoms with van der Waals surface area (Å²) >= 11 is 0. The van der Waals surface area contributed by atoms with Crippen LogP contribution in [0.1, 0.15) is 13.8 Å². The Hall–Kier alpha value is -2.57. The van der Waals surface area contributed by atoms with Gasteiger partial charge in [0.1, 0.15) is 11.5 Å². The van der Waals surface area contributed by atoms with E-state index in [-0.39, 0.29) is 0 Å². The van der Waals surface area contributed by atoms with Crippen molar-refractivity contribution in [2.24, 2.45) is 5.92 Å². The molecule has 0 aliphatic rings. The van der Waals surface area contributed by atoms with Gasteiger partial charge in [0.15, 0.2) is 5.82 Å². The molecule has 0 saturated heterocycles. The number of ether oxygens (including phenoxy) is 2. The van der Waals surface area contributed by atoms with E-state index >= 15 is 0 Å². The molecule has 0 aliphatic carbocycles. The van der Waals surface area contributed by atoms with Crippen molar-refractivity contribution < 1.29 is 9.47 Å². The molecule has 22 heavy (non-hydrogen) atoms. The summed E-state index contributed by atoms with van der Waals surface area (Å²) in [4.78, 5) is 4.38. The van der Waals surface area contributed by atoms with Gasteiger partial charge >= 0.3 is 0 Å². The lowest BCUT2D eigenvalue weighted by Gasteiger charge is -2.12. The van der Waals surface area contributed by atoms with Gasteiger partial charge in [-0.1, -0.05) is 13.8 Å². The first-order valence-corrected chi connectivity index (χ1v) is 7.05. The Kier molecular flexibility index (Phi) is 5.35. The van der Waals surface area contributed by atoms with E-state index in [0.717, 1.165) is 12.2 Å². The highest BCUT2D eigenvalue weighted by Gasteiger charge is 2.08. The van der Waals surface area contributed by atoms with Gasteiger partial charge in [-0.25, -0.2) is 0 Å². The Balaban J connectivity index is 2.15. The average Bonchev–Trinajstić information content (AvgIpc) is 2.53. The van der Waals surface area contributed by atoms with Crippen LogP contribution in [0.15, 0.2) is 24.4 Å². The Labute approximate surface area is 130 Å². The highest BCUT2D eigenvalue weighted by atomic mass is 16.5. The maximum atomic E-state index is 5.34. The van der Waals surface area contributed by atoms with E-state index in [9.17, 15) is 0 Å². The fraction of sp³-hybridized carbons (Fsp3) is 0.400. The van der Waals surface area contributed by atoms with Gasteiger partial charge in [-0.3, -0.25) is 0 Å². The minimum absolute atomic E-state index is 0.400. The Morgan fingerprint density at radius 3 is 2.68 bits per heavy atom. The lowest BCUT2D eigenvalue weighted by Crippen LogP contribution is -2.11. The molecule has 0 fully saturated rings. The van der Waals surface area contributed by atoms with Gasteiger partial charge in [0.05, 0.1) is 26.1 Å². The van der Waals surface area contributed by atoms with Gasteiger partial charge < -0.3 is 20.1 Å². The van der Waals surface area contributed by atoms with Gasteiger partial charge in [0.25, 0.3) is 0 Å². The van der Waals surface area contributed by atoms with Crippen LogP contribution in [0.3, 0.4) is 0 Å². The molecule has 0 saturated carbocycles. The fourth-order valence-electron chi connectivity index (χ4n) is 1.77. The van der Waals surface area contributed by atoms with E-state index in [1.807, 2.05) is 12.1 Å². The molecule has 0 spiro atoms. The van der Waals surface area contributed by atoms with Crippen LogP contribution < -0.4 is 20.1 Å². The first-order chi connectivity index (χ1) is 10.6. The Bertz CT molecular complexity index is 619. The van der Waals surface area contributed by atoms with Crippen molar-refractivity contribution >= 4 is 17.5 Å². The zero-order chi connectivity index (χ0) is 15.9. The summed E-state index contributed by atoms with van der Waals surface area (Å²) in [5.74, 6) is 2.96. The maximum absolute atomic E-state index is 5.34. The van der Waals surface area contributed by atoms with Crippen molar-refractivity contribution in [1.82, 2.24) is 15.2 Å². The quantitative estimate of drug-likeness (QED) is 0.813. The van der Waals surface area contributed by atoms with Crippen LogP contribution in [0.2, 0.25) is 0 Å². The second kappa shape index (κ2) is 7.44. The number of hydrogen-bond acceptors (Lipinski definition) is 7. The molecule has 2 N–H and O–H groups in total. The molecule has 1 aromatic carbocycles. The minimum Gasteiger partial charge on any atom is -0.497 e. The van der Waals surface area contributed by atoms with Crippen molar-refractivity contribution in [3.63, 3.8) is 0 Å². The summed E-state index contributed by atoms with van der Waals surface area (Å²) < 4.78 is 10.5. The summed E-state index contributed by atoms with van der Waals surface area (Å²) in [6.07, 6.45) is 1.60. The van der Waals surface area contributed by atoms with Crippen LogP contribution in [-0.4, -0.2) is 35.9 Å². The van der Waals surface area contributed by atoms with Gasteiger partial charge in [-0.05, 0) is 18.1 Å². The van der Waals surface area contributed by atoms with Crippen LogP contribution in [0.4, 0.5) is 17.5 Å². The Morgan fingerprint density at radius 2 is 2.00 bits per heavy atom. The van der Waals surface area contributed by atoms with Crippen molar-refractivity contribution in [3.05, 3.63) is 24.4 Å². The van der Waals surface area contributed by atoms with Crippen LogP contribution in [0.25, 0.3) is 0 Å². The second-order valence-electron chi connectivity index (χ2n) is 5.13. The van der Waals surface area contributed by atoms with Gasteiger partial charge in [-0.2, -0.15) is 10.1 Å². The summed E-state index contributed by atoms with van der Waals surface area (Å²) in [5, 5.41) is 14.2. The highest BCUT2D eigenvalue weighted by molar-refractivity contribution is 5.64. The third-order valence-corrected chi connectivity index (χ3v) is 2.91. The smallest absolute Gasteiger partial charge is 0.249 e. The van der Waals surface area contributed by atoms with Crippen molar-refractivity contribution in [2.75, 3.05) is 31.4 Å². The van der Waals surface area contributed by atoms with Crippen molar-refractivity contribution in [1.29, 1.82) is 0 Å². The van der Waals surface area contributed by atoms with E-state index in [1.165, 1.54) is 0 Å². The molecule has 0 bridgehead atoms. The van der Waals surface area contributed by atoms with E-state index in [4.69, 9.17) is 9.47 Å². The molecule has 118 valence electrons. The molecule has 1 heterocycles. The standard InChI is InChI=1S/C15H21N5O2/c1-10(2)8-16-14-9-17-20-15(19-14)18-12-6-5-11(21-3)7-13(12)22-4/h5-7,9-10H,8H2,1-4H3,(H2,16,18,19,20). The predicted molar refractivity (Wildman–Crippen MR) is 86.0 cm³/mol. The number of rotatable bonds is 7. The first-order valence-electron chi connectivity index (χ1n) is 7.05.